The van der Waals surface area contributed by atoms with Gasteiger partial charge in [0.25, 0.3) is 0 Å². The second kappa shape index (κ2) is 6.85. The monoisotopic (exact) mass is 336 g/mol. The highest BCUT2D eigenvalue weighted by Crippen LogP contribution is 2.39. The molecule has 1 N–H and O–H groups in total. The number of aryl methyl sites for hydroxylation is 2. The molecule has 3 heterocycles. The Balaban J connectivity index is 1.76. The lowest BCUT2D eigenvalue weighted by Gasteiger charge is -2.28. The van der Waals surface area contributed by atoms with Crippen molar-refractivity contribution in [2.75, 3.05) is 25.1 Å². The SMILES string of the molecule is Cc1nn(C)c(C)c1[C@H]1[C@H](CN[C@@H]2CCCSC2)CC(=O)N1C. The molecule has 0 spiro atoms. The van der Waals surface area contributed by atoms with E-state index in [1.165, 1.54) is 35.6 Å². The van der Waals surface area contributed by atoms with Gasteiger partial charge in [0.15, 0.2) is 0 Å². The zero-order valence-electron chi connectivity index (χ0n) is 14.6. The molecule has 0 aromatic carbocycles. The Hall–Kier alpha value is -1.01. The third-order valence-corrected chi connectivity index (χ3v) is 6.60. The second-order valence-corrected chi connectivity index (χ2v) is 8.09. The van der Waals surface area contributed by atoms with Crippen molar-refractivity contribution in [3.05, 3.63) is 17.0 Å². The van der Waals surface area contributed by atoms with Gasteiger partial charge in [-0.05, 0) is 32.4 Å². The fourth-order valence-electron chi connectivity index (χ4n) is 4.00. The predicted octanol–water partition coefficient (Wildman–Crippen LogP) is 2.04. The van der Waals surface area contributed by atoms with E-state index < -0.39 is 0 Å². The highest BCUT2D eigenvalue weighted by atomic mass is 32.2. The summed E-state index contributed by atoms with van der Waals surface area (Å²) in [5, 5.41) is 8.28. The average molecular weight is 337 g/mol. The van der Waals surface area contributed by atoms with E-state index in [0.29, 0.717) is 18.4 Å². The molecule has 0 radical (unpaired) electrons. The molecule has 6 heteroatoms. The lowest BCUT2D eigenvalue weighted by atomic mass is 9.92. The summed E-state index contributed by atoms with van der Waals surface area (Å²) >= 11 is 2.04. The fourth-order valence-corrected chi connectivity index (χ4v) is 5.11. The van der Waals surface area contributed by atoms with Crippen LogP contribution in [0.1, 0.15) is 42.3 Å². The van der Waals surface area contributed by atoms with Gasteiger partial charge >= 0.3 is 0 Å². The van der Waals surface area contributed by atoms with Crippen LogP contribution < -0.4 is 5.32 Å². The van der Waals surface area contributed by atoms with Crippen molar-refractivity contribution in [3.8, 4) is 0 Å². The molecular weight excluding hydrogens is 308 g/mol. The van der Waals surface area contributed by atoms with Crippen molar-refractivity contribution in [1.29, 1.82) is 0 Å². The number of amides is 1. The summed E-state index contributed by atoms with van der Waals surface area (Å²) in [4.78, 5) is 14.2. The highest BCUT2D eigenvalue weighted by Gasteiger charge is 2.40. The Morgan fingerprint density at radius 2 is 2.13 bits per heavy atom. The van der Waals surface area contributed by atoms with E-state index >= 15 is 0 Å². The third-order valence-electron chi connectivity index (χ3n) is 5.38. The Morgan fingerprint density at radius 1 is 1.35 bits per heavy atom. The molecule has 128 valence electrons. The van der Waals surface area contributed by atoms with E-state index in [0.717, 1.165) is 12.2 Å². The quantitative estimate of drug-likeness (QED) is 0.914. The van der Waals surface area contributed by atoms with E-state index in [1.807, 2.05) is 35.4 Å². The van der Waals surface area contributed by atoms with Crippen LogP contribution in [0.5, 0.6) is 0 Å². The molecule has 1 aromatic heterocycles. The minimum absolute atomic E-state index is 0.153. The van der Waals surface area contributed by atoms with Crippen molar-refractivity contribution in [3.63, 3.8) is 0 Å². The van der Waals surface area contributed by atoms with Gasteiger partial charge in [-0.25, -0.2) is 0 Å². The van der Waals surface area contributed by atoms with Crippen molar-refractivity contribution < 1.29 is 4.79 Å². The summed E-state index contributed by atoms with van der Waals surface area (Å²) in [6, 6.07) is 0.756. The number of carbonyl (C=O) groups is 1. The molecule has 3 rings (SSSR count). The van der Waals surface area contributed by atoms with Crippen LogP contribution in [-0.4, -0.2) is 51.7 Å². The molecule has 2 saturated heterocycles. The van der Waals surface area contributed by atoms with Gasteiger partial charge < -0.3 is 10.2 Å². The zero-order chi connectivity index (χ0) is 16.6. The standard InChI is InChI=1S/C17H28N4OS/c1-11-16(12(2)21(4)19-11)17-13(8-15(22)20(17)3)9-18-14-6-5-7-23-10-14/h13-14,17-18H,5-10H2,1-4H3/t13-,14+,17+/m0/s1. The first-order valence-electron chi connectivity index (χ1n) is 8.56. The number of hydrogen-bond donors (Lipinski definition) is 1. The number of hydrogen-bond acceptors (Lipinski definition) is 4. The maximum Gasteiger partial charge on any atom is 0.223 e. The van der Waals surface area contributed by atoms with Gasteiger partial charge in [-0.1, -0.05) is 0 Å². The minimum atomic E-state index is 0.153. The summed E-state index contributed by atoms with van der Waals surface area (Å²) < 4.78 is 1.93. The minimum Gasteiger partial charge on any atom is -0.338 e. The molecule has 23 heavy (non-hydrogen) atoms. The molecule has 1 aromatic rings. The number of likely N-dealkylation sites (tertiary alicyclic amines) is 1. The number of nitrogens with zero attached hydrogens (tertiary/aromatic N) is 3. The molecule has 1 amide bonds. The molecule has 2 aliphatic rings. The van der Waals surface area contributed by atoms with Gasteiger partial charge in [0.05, 0.1) is 11.7 Å². The first-order chi connectivity index (χ1) is 11.0. The first kappa shape index (κ1) is 16.8. The molecule has 2 aliphatic heterocycles. The van der Waals surface area contributed by atoms with E-state index in [-0.39, 0.29) is 11.9 Å². The van der Waals surface area contributed by atoms with E-state index in [2.05, 4.69) is 24.3 Å². The summed E-state index contributed by atoms with van der Waals surface area (Å²) in [5.41, 5.74) is 3.47. The molecule has 0 aliphatic carbocycles. The van der Waals surface area contributed by atoms with E-state index in [9.17, 15) is 4.79 Å². The van der Waals surface area contributed by atoms with Crippen LogP contribution in [0, 0.1) is 19.8 Å². The lowest BCUT2D eigenvalue weighted by Crippen LogP contribution is -2.38. The fraction of sp³-hybridized carbons (Fsp3) is 0.765. The van der Waals surface area contributed by atoms with Crippen LogP contribution in [0.3, 0.4) is 0 Å². The van der Waals surface area contributed by atoms with Crippen molar-refractivity contribution >= 4 is 17.7 Å². The van der Waals surface area contributed by atoms with Crippen LogP contribution in [0.2, 0.25) is 0 Å². The summed E-state index contributed by atoms with van der Waals surface area (Å²) in [5.74, 6) is 3.08. The Labute approximate surface area is 143 Å². The molecule has 2 fully saturated rings. The Bertz CT molecular complexity index is 579. The van der Waals surface area contributed by atoms with Gasteiger partial charge in [-0.3, -0.25) is 9.48 Å². The molecule has 0 saturated carbocycles. The molecular formula is C17H28N4OS. The number of rotatable bonds is 4. The normalized spacial score (nSPS) is 28.6. The van der Waals surface area contributed by atoms with Crippen LogP contribution >= 0.6 is 11.8 Å². The topological polar surface area (TPSA) is 50.2 Å². The Kier molecular flexibility index (Phi) is 5.01. The molecule has 3 atom stereocenters. The van der Waals surface area contributed by atoms with E-state index in [1.54, 1.807) is 0 Å². The summed E-state index contributed by atoms with van der Waals surface area (Å²) in [7, 11) is 3.92. The van der Waals surface area contributed by atoms with E-state index in [4.69, 9.17) is 0 Å². The molecule has 5 nitrogen and oxygen atoms in total. The smallest absolute Gasteiger partial charge is 0.223 e. The van der Waals surface area contributed by atoms with Gasteiger partial charge in [0.1, 0.15) is 0 Å². The van der Waals surface area contributed by atoms with Gasteiger partial charge in [-0.15, -0.1) is 0 Å². The van der Waals surface area contributed by atoms with Gasteiger partial charge in [0.2, 0.25) is 5.91 Å². The average Bonchev–Trinajstić information content (AvgIpc) is 2.95. The molecule has 0 unspecified atom stereocenters. The lowest BCUT2D eigenvalue weighted by molar-refractivity contribution is -0.127. The summed E-state index contributed by atoms with van der Waals surface area (Å²) in [6.45, 7) is 5.08. The zero-order valence-corrected chi connectivity index (χ0v) is 15.4. The van der Waals surface area contributed by atoms with Crippen molar-refractivity contribution in [1.82, 2.24) is 20.0 Å². The number of carbonyl (C=O) groups excluding carboxylic acids is 1. The van der Waals surface area contributed by atoms with Gasteiger partial charge in [-0.2, -0.15) is 16.9 Å². The van der Waals surface area contributed by atoms with Crippen LogP contribution in [0.15, 0.2) is 0 Å². The first-order valence-corrected chi connectivity index (χ1v) is 9.71. The predicted molar refractivity (Wildman–Crippen MR) is 94.6 cm³/mol. The van der Waals surface area contributed by atoms with Crippen LogP contribution in [0.25, 0.3) is 0 Å². The summed E-state index contributed by atoms with van der Waals surface area (Å²) in [6.07, 6.45) is 3.21. The Morgan fingerprint density at radius 3 is 2.74 bits per heavy atom. The van der Waals surface area contributed by atoms with Crippen LogP contribution in [0.4, 0.5) is 0 Å². The maximum atomic E-state index is 12.3. The van der Waals surface area contributed by atoms with Crippen molar-refractivity contribution in [2.45, 2.75) is 45.2 Å². The number of aromatic nitrogens is 2. The van der Waals surface area contributed by atoms with Gasteiger partial charge in [0, 0.05) is 56.0 Å². The highest BCUT2D eigenvalue weighted by molar-refractivity contribution is 7.99. The molecule has 0 bridgehead atoms. The maximum absolute atomic E-state index is 12.3. The largest absolute Gasteiger partial charge is 0.338 e. The number of thioether (sulfide) groups is 1. The number of nitrogens with one attached hydrogen (secondary N) is 1. The second-order valence-electron chi connectivity index (χ2n) is 6.94. The third kappa shape index (κ3) is 3.29. The van der Waals surface area contributed by atoms with Crippen molar-refractivity contribution in [2.24, 2.45) is 13.0 Å². The van der Waals surface area contributed by atoms with Crippen LogP contribution in [-0.2, 0) is 11.8 Å².